The number of piperidine rings is 1. The predicted molar refractivity (Wildman–Crippen MR) is 84.2 cm³/mol. The fourth-order valence-corrected chi connectivity index (χ4v) is 3.64. The van der Waals surface area contributed by atoms with Gasteiger partial charge in [-0.3, -0.25) is 0 Å². The lowest BCUT2D eigenvalue weighted by molar-refractivity contribution is -0.213. The molecule has 1 saturated heterocycles. The first-order valence-electron chi connectivity index (χ1n) is 8.41. The molecule has 0 aromatic carbocycles. The maximum absolute atomic E-state index is 10.2. The van der Waals surface area contributed by atoms with Crippen LogP contribution in [0.4, 0.5) is 0 Å². The van der Waals surface area contributed by atoms with Crippen molar-refractivity contribution in [2.45, 2.75) is 58.2 Å². The molecule has 1 spiro atoms. The summed E-state index contributed by atoms with van der Waals surface area (Å²) in [5, 5.41) is 19.1. The van der Waals surface area contributed by atoms with Gasteiger partial charge in [0.05, 0.1) is 25.4 Å². The monoisotopic (exact) mass is 297 g/mol. The van der Waals surface area contributed by atoms with Gasteiger partial charge in [0.15, 0.2) is 0 Å². The Hall–Kier alpha value is -0.420. The van der Waals surface area contributed by atoms with Gasteiger partial charge in [0.2, 0.25) is 0 Å². The number of hydrogen-bond acceptors (Lipinski definition) is 4. The Kier molecular flexibility index (Phi) is 6.23. The number of ether oxygens (including phenoxy) is 1. The minimum atomic E-state index is -0.217. The van der Waals surface area contributed by atoms with Crippen molar-refractivity contribution in [1.29, 1.82) is 0 Å². The summed E-state index contributed by atoms with van der Waals surface area (Å²) in [6, 6.07) is 0. The topological polar surface area (TPSA) is 52.9 Å². The third kappa shape index (κ3) is 3.86. The molecule has 2 fully saturated rings. The van der Waals surface area contributed by atoms with Crippen LogP contribution in [0.3, 0.4) is 0 Å². The van der Waals surface area contributed by atoms with Crippen LogP contribution in [0, 0.1) is 5.41 Å². The molecule has 1 saturated carbocycles. The van der Waals surface area contributed by atoms with Crippen LogP contribution in [0.2, 0.25) is 0 Å². The Labute approximate surface area is 128 Å². The molecule has 2 rings (SSSR count). The van der Waals surface area contributed by atoms with Crippen molar-refractivity contribution in [2.75, 3.05) is 32.8 Å². The molecule has 21 heavy (non-hydrogen) atoms. The average molecular weight is 297 g/mol. The van der Waals surface area contributed by atoms with Crippen LogP contribution in [-0.2, 0) is 4.74 Å². The van der Waals surface area contributed by atoms with Crippen molar-refractivity contribution in [3.8, 4) is 0 Å². The van der Waals surface area contributed by atoms with Crippen LogP contribution in [0.25, 0.3) is 0 Å². The van der Waals surface area contributed by atoms with E-state index >= 15 is 0 Å². The summed E-state index contributed by atoms with van der Waals surface area (Å²) < 4.78 is 5.72. The van der Waals surface area contributed by atoms with Gasteiger partial charge in [-0.25, -0.2) is 0 Å². The summed E-state index contributed by atoms with van der Waals surface area (Å²) in [5.41, 5.74) is 1.43. The van der Waals surface area contributed by atoms with Crippen molar-refractivity contribution in [3.05, 3.63) is 11.6 Å². The molecule has 0 unspecified atom stereocenters. The second kappa shape index (κ2) is 7.73. The Bertz CT molecular complexity index is 348. The highest BCUT2D eigenvalue weighted by Crippen LogP contribution is 2.50. The summed E-state index contributed by atoms with van der Waals surface area (Å²) in [4.78, 5) is 2.50. The molecule has 1 aliphatic carbocycles. The van der Waals surface area contributed by atoms with E-state index in [0.29, 0.717) is 6.61 Å². The smallest absolute Gasteiger partial charge is 0.0701 e. The lowest BCUT2D eigenvalue weighted by Gasteiger charge is -2.56. The second-order valence-electron chi connectivity index (χ2n) is 6.60. The Morgan fingerprint density at radius 2 is 2.10 bits per heavy atom. The third-order valence-electron chi connectivity index (χ3n) is 5.44. The number of nitrogens with zero attached hydrogens (tertiary/aromatic N) is 1. The highest BCUT2D eigenvalue weighted by atomic mass is 16.5. The number of hydrogen-bond donors (Lipinski definition) is 2. The molecule has 0 amide bonds. The summed E-state index contributed by atoms with van der Waals surface area (Å²) in [7, 11) is 0. The Morgan fingerprint density at radius 1 is 1.38 bits per heavy atom. The van der Waals surface area contributed by atoms with Crippen LogP contribution < -0.4 is 0 Å². The predicted octanol–water partition coefficient (Wildman–Crippen LogP) is 1.96. The van der Waals surface area contributed by atoms with Crippen molar-refractivity contribution < 1.29 is 14.9 Å². The van der Waals surface area contributed by atoms with E-state index in [2.05, 4.69) is 24.8 Å². The van der Waals surface area contributed by atoms with Gasteiger partial charge >= 0.3 is 0 Å². The molecule has 0 aromatic rings. The van der Waals surface area contributed by atoms with E-state index in [1.165, 1.54) is 5.57 Å². The first-order chi connectivity index (χ1) is 10.1. The number of aliphatic hydroxyl groups is 2. The van der Waals surface area contributed by atoms with Crippen LogP contribution >= 0.6 is 0 Å². The quantitative estimate of drug-likeness (QED) is 0.705. The van der Waals surface area contributed by atoms with Gasteiger partial charge in [0.1, 0.15) is 0 Å². The maximum Gasteiger partial charge on any atom is 0.0701 e. The Morgan fingerprint density at radius 3 is 2.67 bits per heavy atom. The summed E-state index contributed by atoms with van der Waals surface area (Å²) in [5.74, 6) is 0. The number of likely N-dealkylation sites (tertiary alicyclic amines) is 1. The zero-order valence-electron chi connectivity index (χ0n) is 13.6. The highest BCUT2D eigenvalue weighted by Gasteiger charge is 2.55. The van der Waals surface area contributed by atoms with Gasteiger partial charge in [-0.05, 0) is 45.7 Å². The first kappa shape index (κ1) is 16.9. The molecular formula is C17H31NO3. The van der Waals surface area contributed by atoms with E-state index in [1.54, 1.807) is 0 Å². The van der Waals surface area contributed by atoms with E-state index in [4.69, 9.17) is 9.84 Å². The highest BCUT2D eigenvalue weighted by molar-refractivity contribution is 5.06. The summed E-state index contributed by atoms with van der Waals surface area (Å²) in [6.07, 6.45) is 7.30. The largest absolute Gasteiger partial charge is 0.394 e. The van der Waals surface area contributed by atoms with E-state index in [0.717, 1.165) is 51.7 Å². The van der Waals surface area contributed by atoms with Gasteiger partial charge in [-0.2, -0.15) is 0 Å². The molecule has 1 heterocycles. The number of rotatable bonds is 7. The zero-order valence-corrected chi connectivity index (χ0v) is 13.6. The molecular weight excluding hydrogens is 266 g/mol. The van der Waals surface area contributed by atoms with Gasteiger partial charge in [0, 0.05) is 18.4 Å². The van der Waals surface area contributed by atoms with E-state index in [-0.39, 0.29) is 24.2 Å². The molecule has 4 nitrogen and oxygen atoms in total. The minimum absolute atomic E-state index is 0.0408. The summed E-state index contributed by atoms with van der Waals surface area (Å²) in [6.45, 7) is 8.07. The van der Waals surface area contributed by atoms with Gasteiger partial charge < -0.3 is 19.8 Å². The van der Waals surface area contributed by atoms with Crippen LogP contribution in [0.5, 0.6) is 0 Å². The molecule has 0 radical (unpaired) electrons. The molecule has 122 valence electrons. The van der Waals surface area contributed by atoms with Crippen LogP contribution in [-0.4, -0.2) is 60.2 Å². The lowest BCUT2D eigenvalue weighted by atomic mass is 9.58. The van der Waals surface area contributed by atoms with Crippen molar-refractivity contribution in [2.24, 2.45) is 5.41 Å². The normalized spacial score (nSPS) is 29.6. The average Bonchev–Trinajstić information content (AvgIpc) is 2.51. The molecule has 1 aliphatic heterocycles. The van der Waals surface area contributed by atoms with Crippen molar-refractivity contribution >= 4 is 0 Å². The molecule has 2 atom stereocenters. The first-order valence-corrected chi connectivity index (χ1v) is 8.41. The van der Waals surface area contributed by atoms with Crippen LogP contribution in [0.1, 0.15) is 46.0 Å². The minimum Gasteiger partial charge on any atom is -0.394 e. The molecule has 4 heteroatoms. The number of aliphatic hydroxyl groups excluding tert-OH is 2. The van der Waals surface area contributed by atoms with E-state index in [9.17, 15) is 5.11 Å². The van der Waals surface area contributed by atoms with Gasteiger partial charge in [0.25, 0.3) is 0 Å². The molecule has 0 aromatic heterocycles. The summed E-state index contributed by atoms with van der Waals surface area (Å²) >= 11 is 0. The Balaban J connectivity index is 1.76. The molecule has 2 aliphatic rings. The van der Waals surface area contributed by atoms with E-state index in [1.807, 2.05) is 0 Å². The molecule has 2 N–H and O–H groups in total. The van der Waals surface area contributed by atoms with Gasteiger partial charge in [-0.1, -0.05) is 18.6 Å². The SMILES string of the molecule is CC/C(C)=C/CCN1CCC2(CC1)[C@H](O)C[C@@H]2OCCO. The van der Waals surface area contributed by atoms with Crippen LogP contribution in [0.15, 0.2) is 11.6 Å². The second-order valence-corrected chi connectivity index (χ2v) is 6.60. The fraction of sp³-hybridized carbons (Fsp3) is 0.882. The van der Waals surface area contributed by atoms with Crippen molar-refractivity contribution in [1.82, 2.24) is 4.90 Å². The third-order valence-corrected chi connectivity index (χ3v) is 5.44. The maximum atomic E-state index is 10.2. The van der Waals surface area contributed by atoms with Crippen molar-refractivity contribution in [3.63, 3.8) is 0 Å². The zero-order chi connectivity index (χ0) is 15.3. The van der Waals surface area contributed by atoms with Gasteiger partial charge in [-0.15, -0.1) is 0 Å². The molecule has 0 bridgehead atoms. The van der Waals surface area contributed by atoms with E-state index < -0.39 is 0 Å². The standard InChI is InChI=1S/C17H31NO3/c1-3-14(2)5-4-8-18-9-6-17(7-10-18)15(20)13-16(17)21-12-11-19/h5,15-16,19-20H,3-4,6-13H2,1-2H3/b14-5+/t15-,16+/m1/s1. The fourth-order valence-electron chi connectivity index (χ4n) is 3.64. The lowest BCUT2D eigenvalue weighted by Crippen LogP contribution is -2.62. The number of allylic oxidation sites excluding steroid dienone is 1.